The molecule has 0 aliphatic carbocycles. The largest absolute Gasteiger partial charge is 0.377 e. The molecule has 2 saturated heterocycles. The number of hydrogen-bond donors (Lipinski definition) is 2. The van der Waals surface area contributed by atoms with Crippen LogP contribution in [0.25, 0.3) is 21.3 Å². The van der Waals surface area contributed by atoms with E-state index >= 15 is 0 Å². The first kappa shape index (κ1) is 35.9. The van der Waals surface area contributed by atoms with Gasteiger partial charge in [-0.2, -0.15) is 0 Å². The number of fused-ring (bicyclic) bond motifs is 6. The number of morpholine rings is 1. The van der Waals surface area contributed by atoms with E-state index in [0.29, 0.717) is 64.5 Å². The van der Waals surface area contributed by atoms with E-state index in [9.17, 15) is 27.6 Å². The van der Waals surface area contributed by atoms with Crippen LogP contribution in [-0.4, -0.2) is 54.5 Å². The van der Waals surface area contributed by atoms with Gasteiger partial charge in [0.05, 0.1) is 57.7 Å². The van der Waals surface area contributed by atoms with Crippen LogP contribution in [0.4, 0.5) is 36.1 Å². The van der Waals surface area contributed by atoms with Crippen molar-refractivity contribution < 1.29 is 32.3 Å². The zero-order valence-electron chi connectivity index (χ0n) is 29.5. The monoisotopic (exact) mass is 793 g/mol. The van der Waals surface area contributed by atoms with Crippen LogP contribution in [0.3, 0.4) is 0 Å². The van der Waals surface area contributed by atoms with Gasteiger partial charge in [-0.3, -0.25) is 14.4 Å². The minimum absolute atomic E-state index is 0.141. The van der Waals surface area contributed by atoms with Crippen LogP contribution >= 0.6 is 22.9 Å². The number of carbonyl (C=O) groups excluding carboxylic acids is 3. The summed E-state index contributed by atoms with van der Waals surface area (Å²) < 4.78 is 48.6. The van der Waals surface area contributed by atoms with E-state index in [0.717, 1.165) is 46.7 Å². The molecule has 6 aromatic rings. The quantitative estimate of drug-likeness (QED) is 0.175. The molecule has 14 heteroatoms. The van der Waals surface area contributed by atoms with Gasteiger partial charge >= 0.3 is 0 Å². The second-order valence-corrected chi connectivity index (χ2v) is 15.4. The number of ether oxygens (including phenoxy) is 1. The van der Waals surface area contributed by atoms with Crippen LogP contribution in [0.2, 0.25) is 5.02 Å². The molecule has 282 valence electrons. The highest BCUT2D eigenvalue weighted by Crippen LogP contribution is 2.43. The molecule has 0 saturated carbocycles. The highest BCUT2D eigenvalue weighted by Gasteiger charge is 2.40. The van der Waals surface area contributed by atoms with E-state index in [1.807, 2.05) is 30.3 Å². The van der Waals surface area contributed by atoms with Crippen molar-refractivity contribution in [1.82, 2.24) is 4.98 Å². The molecule has 0 spiro atoms. The first-order valence-corrected chi connectivity index (χ1v) is 19.2. The summed E-state index contributed by atoms with van der Waals surface area (Å²) in [4.78, 5) is 50.8. The lowest BCUT2D eigenvalue weighted by Gasteiger charge is -2.36. The molecule has 3 aliphatic rings. The van der Waals surface area contributed by atoms with Gasteiger partial charge in [-0.25, -0.2) is 18.2 Å². The summed E-state index contributed by atoms with van der Waals surface area (Å²) in [7, 11) is 0. The van der Waals surface area contributed by atoms with Gasteiger partial charge in [0.2, 0.25) is 0 Å². The third kappa shape index (κ3) is 6.55. The van der Waals surface area contributed by atoms with Crippen molar-refractivity contribution >= 4 is 74.4 Å². The highest BCUT2D eigenvalue weighted by molar-refractivity contribution is 7.17. The lowest BCUT2D eigenvalue weighted by atomic mass is 10.1. The van der Waals surface area contributed by atoms with E-state index < -0.39 is 23.4 Å². The molecule has 5 heterocycles. The molecule has 2 bridgehead atoms. The number of thiophene rings is 1. The van der Waals surface area contributed by atoms with Crippen molar-refractivity contribution in [1.29, 1.82) is 0 Å². The van der Waals surface area contributed by atoms with Crippen molar-refractivity contribution in [2.75, 3.05) is 40.2 Å². The van der Waals surface area contributed by atoms with Crippen LogP contribution in [0, 0.1) is 17.5 Å². The van der Waals surface area contributed by atoms with E-state index in [2.05, 4.69) is 15.5 Å². The van der Waals surface area contributed by atoms with Gasteiger partial charge in [0.25, 0.3) is 17.7 Å². The molecule has 56 heavy (non-hydrogen) atoms. The fourth-order valence-corrected chi connectivity index (χ4v) is 9.15. The van der Waals surface area contributed by atoms with Gasteiger partial charge in [0.15, 0.2) is 5.82 Å². The smallest absolute Gasteiger partial charge is 0.265 e. The molecule has 3 aliphatic heterocycles. The van der Waals surface area contributed by atoms with E-state index in [-0.39, 0.29) is 46.0 Å². The number of nitrogens with zero attached hydrogens (tertiary/aromatic N) is 3. The Morgan fingerprint density at radius 1 is 0.839 bits per heavy atom. The Hall–Kier alpha value is -5.76. The number of halogens is 4. The summed E-state index contributed by atoms with van der Waals surface area (Å²) in [5.41, 5.74) is 3.30. The number of benzene rings is 4. The Kier molecular flexibility index (Phi) is 9.23. The van der Waals surface area contributed by atoms with E-state index in [1.165, 1.54) is 17.0 Å². The zero-order valence-corrected chi connectivity index (χ0v) is 31.0. The number of carbonyl (C=O) groups is 3. The number of amides is 3. The van der Waals surface area contributed by atoms with Gasteiger partial charge < -0.3 is 25.2 Å². The third-order valence-electron chi connectivity index (χ3n) is 10.4. The number of nitrogens with one attached hydrogen (secondary N) is 2. The lowest BCUT2D eigenvalue weighted by Crippen LogP contribution is -2.47. The van der Waals surface area contributed by atoms with Gasteiger partial charge in [-0.15, -0.1) is 11.3 Å². The van der Waals surface area contributed by atoms with Crippen LogP contribution in [0.5, 0.6) is 0 Å². The van der Waals surface area contributed by atoms with Crippen LogP contribution in [-0.2, 0) is 11.2 Å². The van der Waals surface area contributed by atoms with Crippen molar-refractivity contribution in [3.05, 3.63) is 135 Å². The summed E-state index contributed by atoms with van der Waals surface area (Å²) in [5, 5.41) is 5.97. The van der Waals surface area contributed by atoms with Crippen LogP contribution in [0.1, 0.15) is 48.8 Å². The molecule has 4 aromatic carbocycles. The Morgan fingerprint density at radius 3 is 2.38 bits per heavy atom. The molecule has 2 N–H and O–H groups in total. The average Bonchev–Trinajstić information content (AvgIpc) is 3.67. The maximum Gasteiger partial charge on any atom is 0.265 e. The van der Waals surface area contributed by atoms with Crippen molar-refractivity contribution in [2.45, 2.75) is 31.3 Å². The predicted octanol–water partition coefficient (Wildman–Crippen LogP) is 9.11. The maximum atomic E-state index is 14.8. The highest BCUT2D eigenvalue weighted by atomic mass is 35.5. The Balaban J connectivity index is 0.957. The minimum Gasteiger partial charge on any atom is -0.377 e. The molecule has 2 unspecified atom stereocenters. The zero-order chi connectivity index (χ0) is 38.7. The summed E-state index contributed by atoms with van der Waals surface area (Å²) in [5.74, 6) is -3.18. The standard InChI is InChI=1S/C42H31ClF3N5O4S/c43-32-17-26(45)18-33(46)37(32)49-41(53)36-16-24-13-14-50(35-19-25(44)7-12-30(35)38(24)56-36)42(54)22-5-8-27(9-6-22)47-40(52)31-15-23-3-1-2-4-34(23)48-39(31)51-28-10-11-29(51)21-55-20-28/h1-9,12,15-19,28-29H,10-11,13-14,20-21H2,(H,47,52)(H,49,53). The molecular weight excluding hydrogens is 763 g/mol. The molecule has 2 aromatic heterocycles. The maximum absolute atomic E-state index is 14.8. The second kappa shape index (κ2) is 14.4. The normalized spacial score (nSPS) is 17.3. The van der Waals surface area contributed by atoms with Crippen molar-refractivity contribution in [3.8, 4) is 10.4 Å². The van der Waals surface area contributed by atoms with E-state index in [4.69, 9.17) is 21.3 Å². The van der Waals surface area contributed by atoms with Gasteiger partial charge in [0.1, 0.15) is 17.5 Å². The lowest BCUT2D eigenvalue weighted by molar-refractivity contribution is 0.0897. The number of aromatic nitrogens is 1. The third-order valence-corrected chi connectivity index (χ3v) is 12.0. The van der Waals surface area contributed by atoms with E-state index in [1.54, 1.807) is 36.4 Å². The Labute approximate surface area is 327 Å². The molecule has 9 rings (SSSR count). The fraction of sp³-hybridized carbons (Fsp3) is 0.190. The number of anilines is 4. The Morgan fingerprint density at radius 2 is 1.61 bits per heavy atom. The predicted molar refractivity (Wildman–Crippen MR) is 211 cm³/mol. The SMILES string of the molecule is O=C(Nc1c(F)cc(F)cc1Cl)c1cc2c(s1)-c1ccc(F)cc1N(C(=O)c1ccc(NC(=O)c3cc4ccccc4nc3N3C4CCC3COC4)cc1)CC2. The van der Waals surface area contributed by atoms with Crippen molar-refractivity contribution in [2.24, 2.45) is 0 Å². The summed E-state index contributed by atoms with van der Waals surface area (Å²) >= 11 is 7.10. The van der Waals surface area contributed by atoms with Gasteiger partial charge in [-0.05, 0) is 91.6 Å². The first-order valence-electron chi connectivity index (χ1n) is 18.0. The number of pyridine rings is 1. The summed E-state index contributed by atoms with van der Waals surface area (Å²) in [6.07, 6.45) is 2.26. The topological polar surface area (TPSA) is 104 Å². The van der Waals surface area contributed by atoms with Gasteiger partial charge in [-0.1, -0.05) is 29.8 Å². The second-order valence-electron chi connectivity index (χ2n) is 13.9. The number of para-hydroxylation sites is 1. The summed E-state index contributed by atoms with van der Waals surface area (Å²) in [6.45, 7) is 1.33. The average molecular weight is 794 g/mol. The molecule has 2 atom stereocenters. The molecular formula is C42H31ClF3N5O4S. The molecule has 3 amide bonds. The number of rotatable bonds is 6. The van der Waals surface area contributed by atoms with Crippen LogP contribution < -0.4 is 20.4 Å². The molecule has 2 fully saturated rings. The summed E-state index contributed by atoms with van der Waals surface area (Å²) in [6, 6.07) is 23.6. The fourth-order valence-electron chi connectivity index (χ4n) is 7.77. The van der Waals surface area contributed by atoms with Crippen molar-refractivity contribution in [3.63, 3.8) is 0 Å². The molecule has 9 nitrogen and oxygen atoms in total. The number of hydrogen-bond acceptors (Lipinski definition) is 7. The minimum atomic E-state index is -1.02. The Bertz CT molecular complexity index is 2550. The van der Waals surface area contributed by atoms with Crippen LogP contribution in [0.15, 0.2) is 91.0 Å². The molecule has 0 radical (unpaired) electrons. The first-order chi connectivity index (χ1) is 27.1. The van der Waals surface area contributed by atoms with Gasteiger partial charge in [0, 0.05) is 39.7 Å².